The largest absolute Gasteiger partial charge is 0.369 e. The number of anilines is 1. The SMILES string of the molecule is Nc1nc2c(ncn2C(I)c2ccccc2)c(=O)[nH]1. The van der Waals surface area contributed by atoms with E-state index >= 15 is 0 Å². The number of rotatable bonds is 2. The van der Waals surface area contributed by atoms with E-state index in [-0.39, 0.29) is 15.6 Å². The van der Waals surface area contributed by atoms with Gasteiger partial charge >= 0.3 is 0 Å². The number of nitrogens with zero attached hydrogens (tertiary/aromatic N) is 3. The predicted octanol–water partition coefficient (Wildman–Crippen LogP) is 1.68. The van der Waals surface area contributed by atoms with Gasteiger partial charge in [-0.1, -0.05) is 52.9 Å². The molecule has 1 unspecified atom stereocenters. The molecule has 0 amide bonds. The Morgan fingerprint density at radius 3 is 2.79 bits per heavy atom. The van der Waals surface area contributed by atoms with Gasteiger partial charge in [-0.2, -0.15) is 4.98 Å². The van der Waals surface area contributed by atoms with E-state index in [0.717, 1.165) is 5.56 Å². The predicted molar refractivity (Wildman–Crippen MR) is 81.2 cm³/mol. The molecule has 0 radical (unpaired) electrons. The maximum absolute atomic E-state index is 11.7. The van der Waals surface area contributed by atoms with Gasteiger partial charge in [-0.15, -0.1) is 0 Å². The van der Waals surface area contributed by atoms with Crippen molar-refractivity contribution in [2.75, 3.05) is 5.73 Å². The maximum atomic E-state index is 11.7. The van der Waals surface area contributed by atoms with Crippen molar-refractivity contribution in [3.63, 3.8) is 0 Å². The Bertz CT molecular complexity index is 780. The molecule has 2 heterocycles. The smallest absolute Gasteiger partial charge is 0.280 e. The third-order valence-electron chi connectivity index (χ3n) is 2.77. The van der Waals surface area contributed by atoms with Crippen LogP contribution in [0.15, 0.2) is 41.5 Å². The summed E-state index contributed by atoms with van der Waals surface area (Å²) in [5.74, 6) is 0.0934. The zero-order valence-corrected chi connectivity index (χ0v) is 11.9. The van der Waals surface area contributed by atoms with E-state index in [2.05, 4.69) is 37.5 Å². The molecular formula is C12H10IN5O. The van der Waals surface area contributed by atoms with Crippen molar-refractivity contribution >= 4 is 39.7 Å². The van der Waals surface area contributed by atoms with Crippen molar-refractivity contribution < 1.29 is 0 Å². The Hall–Kier alpha value is -1.90. The quantitative estimate of drug-likeness (QED) is 0.533. The molecule has 0 aliphatic carbocycles. The first-order valence-electron chi connectivity index (χ1n) is 5.58. The van der Waals surface area contributed by atoms with E-state index in [4.69, 9.17) is 5.73 Å². The van der Waals surface area contributed by atoms with Gasteiger partial charge in [0.05, 0.1) is 6.33 Å². The molecule has 0 saturated carbocycles. The summed E-state index contributed by atoms with van der Waals surface area (Å²) in [5, 5.41) is 0. The number of aromatic nitrogens is 4. The summed E-state index contributed by atoms with van der Waals surface area (Å²) in [6, 6.07) is 9.92. The van der Waals surface area contributed by atoms with Crippen molar-refractivity contribution in [2.45, 2.75) is 4.05 Å². The van der Waals surface area contributed by atoms with Crippen molar-refractivity contribution in [2.24, 2.45) is 0 Å². The third kappa shape index (κ3) is 2.09. The van der Waals surface area contributed by atoms with Crippen molar-refractivity contribution in [3.05, 3.63) is 52.6 Å². The zero-order chi connectivity index (χ0) is 13.4. The van der Waals surface area contributed by atoms with Gasteiger partial charge in [-0.05, 0) is 5.56 Å². The molecule has 0 aliphatic rings. The zero-order valence-electron chi connectivity index (χ0n) is 9.75. The van der Waals surface area contributed by atoms with Gasteiger partial charge < -0.3 is 5.73 Å². The minimum Gasteiger partial charge on any atom is -0.369 e. The highest BCUT2D eigenvalue weighted by Gasteiger charge is 2.15. The van der Waals surface area contributed by atoms with Gasteiger partial charge in [0, 0.05) is 0 Å². The Morgan fingerprint density at radius 2 is 2.05 bits per heavy atom. The molecule has 3 aromatic rings. The monoisotopic (exact) mass is 367 g/mol. The number of imidazole rings is 1. The van der Waals surface area contributed by atoms with Crippen LogP contribution in [0, 0.1) is 0 Å². The third-order valence-corrected chi connectivity index (χ3v) is 4.09. The topological polar surface area (TPSA) is 89.6 Å². The number of H-pyrrole nitrogens is 1. The lowest BCUT2D eigenvalue weighted by atomic mass is 10.2. The number of halogens is 1. The second-order valence-electron chi connectivity index (χ2n) is 4.02. The molecule has 0 aliphatic heterocycles. The number of alkyl halides is 1. The summed E-state index contributed by atoms with van der Waals surface area (Å²) in [7, 11) is 0. The van der Waals surface area contributed by atoms with Crippen LogP contribution < -0.4 is 11.3 Å². The van der Waals surface area contributed by atoms with E-state index in [1.807, 2.05) is 34.9 Å². The standard InChI is InChI=1S/C12H10IN5O/c13-9(7-4-2-1-3-5-7)18-6-15-8-10(18)16-12(14)17-11(8)19/h1-6,9H,(H3,14,16,17,19). The number of hydrogen-bond donors (Lipinski definition) is 2. The normalized spacial score (nSPS) is 12.7. The average Bonchev–Trinajstić information content (AvgIpc) is 2.83. The number of nitrogen functional groups attached to an aromatic ring is 1. The molecule has 0 bridgehead atoms. The molecular weight excluding hydrogens is 357 g/mol. The van der Waals surface area contributed by atoms with Crippen molar-refractivity contribution in [1.82, 2.24) is 19.5 Å². The first-order chi connectivity index (χ1) is 9.16. The van der Waals surface area contributed by atoms with Crippen molar-refractivity contribution in [1.29, 1.82) is 0 Å². The van der Waals surface area contributed by atoms with Gasteiger partial charge in [0.2, 0.25) is 5.95 Å². The van der Waals surface area contributed by atoms with Crippen LogP contribution in [-0.4, -0.2) is 19.5 Å². The van der Waals surface area contributed by atoms with Crippen LogP contribution in [0.1, 0.15) is 9.61 Å². The lowest BCUT2D eigenvalue weighted by Gasteiger charge is -2.12. The molecule has 6 nitrogen and oxygen atoms in total. The molecule has 0 spiro atoms. The highest BCUT2D eigenvalue weighted by atomic mass is 127. The van der Waals surface area contributed by atoms with Gasteiger partial charge in [0.25, 0.3) is 5.56 Å². The number of nitrogens with one attached hydrogen (secondary N) is 1. The molecule has 96 valence electrons. The Morgan fingerprint density at radius 1 is 1.32 bits per heavy atom. The second-order valence-corrected chi connectivity index (χ2v) is 5.20. The average molecular weight is 367 g/mol. The fourth-order valence-electron chi connectivity index (χ4n) is 1.88. The van der Waals surface area contributed by atoms with Crippen LogP contribution in [0.25, 0.3) is 11.2 Å². The van der Waals surface area contributed by atoms with E-state index in [9.17, 15) is 4.79 Å². The summed E-state index contributed by atoms with van der Waals surface area (Å²) >= 11 is 2.27. The number of nitrogens with two attached hydrogens (primary N) is 1. The number of aromatic amines is 1. The molecule has 1 atom stereocenters. The minimum atomic E-state index is -0.321. The van der Waals surface area contributed by atoms with Crippen LogP contribution in [0.2, 0.25) is 0 Å². The Labute approximate surface area is 121 Å². The first-order valence-corrected chi connectivity index (χ1v) is 6.83. The Kier molecular flexibility index (Phi) is 2.97. The molecule has 3 N–H and O–H groups in total. The first kappa shape index (κ1) is 12.2. The molecule has 7 heteroatoms. The van der Waals surface area contributed by atoms with Gasteiger partial charge in [-0.25, -0.2) is 4.98 Å². The summed E-state index contributed by atoms with van der Waals surface area (Å²) < 4.78 is 1.83. The van der Waals surface area contributed by atoms with Crippen molar-refractivity contribution in [3.8, 4) is 0 Å². The van der Waals surface area contributed by atoms with E-state index in [1.165, 1.54) is 0 Å². The van der Waals surface area contributed by atoms with Gasteiger partial charge in [-0.3, -0.25) is 14.3 Å². The van der Waals surface area contributed by atoms with E-state index in [1.54, 1.807) is 6.33 Å². The highest BCUT2D eigenvalue weighted by molar-refractivity contribution is 14.1. The molecule has 0 fully saturated rings. The summed E-state index contributed by atoms with van der Waals surface area (Å²) in [6.45, 7) is 0. The molecule has 0 saturated heterocycles. The molecule has 1 aromatic carbocycles. The van der Waals surface area contributed by atoms with E-state index < -0.39 is 0 Å². The number of benzene rings is 1. The lowest BCUT2D eigenvalue weighted by Crippen LogP contribution is -2.13. The highest BCUT2D eigenvalue weighted by Crippen LogP contribution is 2.27. The molecule has 2 aromatic heterocycles. The maximum Gasteiger partial charge on any atom is 0.280 e. The van der Waals surface area contributed by atoms with Gasteiger partial charge in [0.15, 0.2) is 11.2 Å². The molecule has 19 heavy (non-hydrogen) atoms. The number of fused-ring (bicyclic) bond motifs is 1. The summed E-state index contributed by atoms with van der Waals surface area (Å²) in [6.07, 6.45) is 1.61. The molecule has 3 rings (SSSR count). The van der Waals surface area contributed by atoms with Crippen LogP contribution in [0.5, 0.6) is 0 Å². The fourth-order valence-corrected chi connectivity index (χ4v) is 2.70. The fraction of sp³-hybridized carbons (Fsp3) is 0.0833. The second kappa shape index (κ2) is 4.65. The van der Waals surface area contributed by atoms with Crippen LogP contribution in [0.4, 0.5) is 5.95 Å². The summed E-state index contributed by atoms with van der Waals surface area (Å²) in [5.41, 5.74) is 7.15. The number of hydrogen-bond acceptors (Lipinski definition) is 4. The van der Waals surface area contributed by atoms with Crippen LogP contribution in [-0.2, 0) is 0 Å². The minimum absolute atomic E-state index is 0.00231. The van der Waals surface area contributed by atoms with Crippen LogP contribution in [0.3, 0.4) is 0 Å². The van der Waals surface area contributed by atoms with Gasteiger partial charge in [0.1, 0.15) is 4.05 Å². The van der Waals surface area contributed by atoms with Crippen LogP contribution >= 0.6 is 22.6 Å². The summed E-state index contributed by atoms with van der Waals surface area (Å²) in [4.78, 5) is 22.4. The lowest BCUT2D eigenvalue weighted by molar-refractivity contribution is 0.819. The Balaban J connectivity index is 2.19. The van der Waals surface area contributed by atoms with E-state index in [0.29, 0.717) is 11.2 Å².